The summed E-state index contributed by atoms with van der Waals surface area (Å²) >= 11 is 0. The first kappa shape index (κ1) is 17.4. The summed E-state index contributed by atoms with van der Waals surface area (Å²) in [6.45, 7) is 4.65. The van der Waals surface area contributed by atoms with Crippen LogP contribution >= 0.6 is 0 Å². The molecule has 0 aliphatic rings. The fourth-order valence-corrected chi connectivity index (χ4v) is 2.22. The molecule has 0 atom stereocenters. The summed E-state index contributed by atoms with van der Waals surface area (Å²) in [7, 11) is 0. The smallest absolute Gasteiger partial charge is 0.335 e. The fourth-order valence-electron chi connectivity index (χ4n) is 2.22. The Kier molecular flexibility index (Phi) is 5.84. The van der Waals surface area contributed by atoms with Gasteiger partial charge in [0.2, 0.25) is 0 Å². The van der Waals surface area contributed by atoms with Crippen LogP contribution in [0.15, 0.2) is 36.4 Å². The minimum Gasteiger partial charge on any atom is -0.508 e. The minimum atomic E-state index is -0.957. The fraction of sp³-hybridized carbons (Fsp3) is 0.211. The number of benzene rings is 2. The number of carboxylic acid groups (broad SMARTS) is 1. The first-order chi connectivity index (χ1) is 11.5. The van der Waals surface area contributed by atoms with Crippen molar-refractivity contribution in [2.45, 2.75) is 13.8 Å². The van der Waals surface area contributed by atoms with Gasteiger partial charge in [-0.3, -0.25) is 0 Å². The summed E-state index contributed by atoms with van der Waals surface area (Å²) in [6, 6.07) is 9.62. The van der Waals surface area contributed by atoms with E-state index in [0.29, 0.717) is 24.7 Å². The number of ether oxygens (including phenoxy) is 2. The molecule has 24 heavy (non-hydrogen) atoms. The second-order valence-electron chi connectivity index (χ2n) is 4.98. The predicted octanol–water partition coefficient (Wildman–Crippen LogP) is 4.06. The van der Waals surface area contributed by atoms with Crippen molar-refractivity contribution >= 4 is 18.1 Å². The Morgan fingerprint density at radius 2 is 1.54 bits per heavy atom. The van der Waals surface area contributed by atoms with Crippen LogP contribution in [-0.2, 0) is 0 Å². The number of rotatable bonds is 7. The average Bonchev–Trinajstić information content (AvgIpc) is 2.55. The van der Waals surface area contributed by atoms with E-state index in [1.54, 1.807) is 36.4 Å². The van der Waals surface area contributed by atoms with Gasteiger partial charge in [-0.25, -0.2) is 4.79 Å². The molecule has 0 bridgehead atoms. The van der Waals surface area contributed by atoms with E-state index in [1.807, 2.05) is 26.0 Å². The Hall–Kier alpha value is -2.95. The molecule has 2 rings (SSSR count). The molecular weight excluding hydrogens is 308 g/mol. The maximum atomic E-state index is 10.9. The van der Waals surface area contributed by atoms with E-state index >= 15 is 0 Å². The van der Waals surface area contributed by atoms with E-state index in [-0.39, 0.29) is 11.3 Å². The number of phenols is 1. The van der Waals surface area contributed by atoms with Crippen molar-refractivity contribution in [2.24, 2.45) is 0 Å². The largest absolute Gasteiger partial charge is 0.508 e. The van der Waals surface area contributed by atoms with Crippen molar-refractivity contribution in [3.8, 4) is 17.2 Å². The molecule has 126 valence electrons. The van der Waals surface area contributed by atoms with Crippen molar-refractivity contribution in [1.82, 2.24) is 0 Å². The standard InChI is InChI=1S/C19H20O5/c1-3-23-17-11-15(20)12-18(24-4-2)16(17)10-7-13-5-8-14(9-6-13)19(21)22/h5-12,20H,3-4H2,1-2H3,(H,21,22). The second-order valence-corrected chi connectivity index (χ2v) is 4.98. The molecule has 5 nitrogen and oxygen atoms in total. The molecule has 0 heterocycles. The number of hydrogen-bond donors (Lipinski definition) is 2. The summed E-state index contributed by atoms with van der Waals surface area (Å²) in [4.78, 5) is 10.9. The lowest BCUT2D eigenvalue weighted by Crippen LogP contribution is -1.99. The number of carbonyl (C=O) groups is 1. The van der Waals surface area contributed by atoms with Crippen molar-refractivity contribution < 1.29 is 24.5 Å². The van der Waals surface area contributed by atoms with Crippen LogP contribution in [0.2, 0.25) is 0 Å². The molecule has 0 radical (unpaired) electrons. The van der Waals surface area contributed by atoms with E-state index in [0.717, 1.165) is 11.1 Å². The van der Waals surface area contributed by atoms with Gasteiger partial charge in [0.25, 0.3) is 0 Å². The van der Waals surface area contributed by atoms with E-state index < -0.39 is 5.97 Å². The number of aromatic hydroxyl groups is 1. The molecule has 0 saturated carbocycles. The lowest BCUT2D eigenvalue weighted by Gasteiger charge is -2.13. The van der Waals surface area contributed by atoms with Gasteiger partial charge in [-0.05, 0) is 37.6 Å². The van der Waals surface area contributed by atoms with Gasteiger partial charge >= 0.3 is 5.97 Å². The zero-order chi connectivity index (χ0) is 17.5. The third-order valence-corrected chi connectivity index (χ3v) is 3.29. The zero-order valence-corrected chi connectivity index (χ0v) is 13.7. The van der Waals surface area contributed by atoms with Crippen LogP contribution in [0.3, 0.4) is 0 Å². The number of aromatic carboxylic acids is 1. The molecule has 0 fully saturated rings. The second kappa shape index (κ2) is 8.06. The zero-order valence-electron chi connectivity index (χ0n) is 13.7. The van der Waals surface area contributed by atoms with Crippen LogP contribution < -0.4 is 9.47 Å². The minimum absolute atomic E-state index is 0.0739. The van der Waals surface area contributed by atoms with E-state index in [4.69, 9.17) is 14.6 Å². The van der Waals surface area contributed by atoms with Crippen LogP contribution in [0, 0.1) is 0 Å². The SMILES string of the molecule is CCOc1cc(O)cc(OCC)c1C=Cc1ccc(C(=O)O)cc1. The van der Waals surface area contributed by atoms with Gasteiger partial charge in [-0.1, -0.05) is 18.2 Å². The van der Waals surface area contributed by atoms with Gasteiger partial charge in [0.15, 0.2) is 0 Å². The van der Waals surface area contributed by atoms with Gasteiger partial charge in [0, 0.05) is 12.1 Å². The predicted molar refractivity (Wildman–Crippen MR) is 92.8 cm³/mol. The normalized spacial score (nSPS) is 10.8. The van der Waals surface area contributed by atoms with Gasteiger partial charge in [0.05, 0.1) is 24.3 Å². The average molecular weight is 328 g/mol. The van der Waals surface area contributed by atoms with E-state index in [2.05, 4.69) is 0 Å². The molecule has 0 aromatic heterocycles. The number of hydrogen-bond acceptors (Lipinski definition) is 4. The first-order valence-electron chi connectivity index (χ1n) is 7.69. The Morgan fingerprint density at radius 1 is 1.00 bits per heavy atom. The van der Waals surface area contributed by atoms with E-state index in [1.165, 1.54) is 0 Å². The third-order valence-electron chi connectivity index (χ3n) is 3.29. The van der Waals surface area contributed by atoms with Crippen molar-refractivity contribution in [3.05, 3.63) is 53.1 Å². The highest BCUT2D eigenvalue weighted by Gasteiger charge is 2.11. The van der Waals surface area contributed by atoms with Gasteiger partial charge < -0.3 is 19.7 Å². The van der Waals surface area contributed by atoms with Crippen molar-refractivity contribution in [1.29, 1.82) is 0 Å². The first-order valence-corrected chi connectivity index (χ1v) is 7.69. The molecule has 2 aromatic rings. The Bertz CT molecular complexity index is 705. The van der Waals surface area contributed by atoms with Crippen LogP contribution in [0.1, 0.15) is 35.3 Å². The summed E-state index contributed by atoms with van der Waals surface area (Å²) in [5, 5.41) is 18.7. The topological polar surface area (TPSA) is 76.0 Å². The highest BCUT2D eigenvalue weighted by atomic mass is 16.5. The molecule has 0 unspecified atom stereocenters. The Labute approximate surface area is 140 Å². The monoisotopic (exact) mass is 328 g/mol. The van der Waals surface area contributed by atoms with E-state index in [9.17, 15) is 9.90 Å². The highest BCUT2D eigenvalue weighted by Crippen LogP contribution is 2.35. The summed E-state index contributed by atoms with van der Waals surface area (Å²) in [5.74, 6) is 0.171. The Morgan fingerprint density at radius 3 is 2.00 bits per heavy atom. The highest BCUT2D eigenvalue weighted by molar-refractivity contribution is 5.88. The summed E-state index contributed by atoms with van der Waals surface area (Å²) < 4.78 is 11.1. The van der Waals surface area contributed by atoms with Crippen molar-refractivity contribution in [2.75, 3.05) is 13.2 Å². The van der Waals surface area contributed by atoms with Crippen LogP contribution in [-0.4, -0.2) is 29.4 Å². The molecule has 0 aliphatic carbocycles. The molecule has 2 aromatic carbocycles. The number of carboxylic acids is 1. The lowest BCUT2D eigenvalue weighted by atomic mass is 10.1. The quantitative estimate of drug-likeness (QED) is 0.750. The molecule has 0 amide bonds. The molecule has 0 spiro atoms. The van der Waals surface area contributed by atoms with Crippen LogP contribution in [0.4, 0.5) is 0 Å². The van der Waals surface area contributed by atoms with Gasteiger partial charge in [-0.15, -0.1) is 0 Å². The lowest BCUT2D eigenvalue weighted by molar-refractivity contribution is 0.0697. The van der Waals surface area contributed by atoms with Gasteiger partial charge in [0.1, 0.15) is 17.2 Å². The maximum absolute atomic E-state index is 10.9. The Balaban J connectivity index is 2.37. The molecule has 0 saturated heterocycles. The number of phenolic OH excluding ortho intramolecular Hbond substituents is 1. The molecular formula is C19H20O5. The van der Waals surface area contributed by atoms with Gasteiger partial charge in [-0.2, -0.15) is 0 Å². The molecule has 5 heteroatoms. The third kappa shape index (κ3) is 4.29. The molecule has 2 N–H and O–H groups in total. The van der Waals surface area contributed by atoms with Crippen LogP contribution in [0.5, 0.6) is 17.2 Å². The van der Waals surface area contributed by atoms with Crippen LogP contribution in [0.25, 0.3) is 12.2 Å². The summed E-state index contributed by atoms with van der Waals surface area (Å²) in [5.41, 5.74) is 1.80. The van der Waals surface area contributed by atoms with Crippen molar-refractivity contribution in [3.63, 3.8) is 0 Å². The molecule has 0 aliphatic heterocycles. The summed E-state index contributed by atoms with van der Waals surface area (Å²) in [6.07, 6.45) is 3.66. The maximum Gasteiger partial charge on any atom is 0.335 e.